The van der Waals surface area contributed by atoms with Crippen LogP contribution in [0.4, 0.5) is 0 Å². The van der Waals surface area contributed by atoms with Gasteiger partial charge in [0.05, 0.1) is 18.3 Å². The molecule has 0 spiro atoms. The average Bonchev–Trinajstić information content (AvgIpc) is 2.82. The molecule has 0 aliphatic heterocycles. The van der Waals surface area contributed by atoms with Crippen LogP contribution in [0, 0.1) is 11.3 Å². The van der Waals surface area contributed by atoms with Gasteiger partial charge in [0.1, 0.15) is 0 Å². The van der Waals surface area contributed by atoms with Crippen molar-refractivity contribution in [2.24, 2.45) is 11.3 Å². The van der Waals surface area contributed by atoms with E-state index in [9.17, 15) is 5.11 Å². The van der Waals surface area contributed by atoms with E-state index < -0.39 is 0 Å². The summed E-state index contributed by atoms with van der Waals surface area (Å²) in [6.45, 7) is 6.88. The van der Waals surface area contributed by atoms with Crippen LogP contribution in [0.5, 0.6) is 0 Å². The van der Waals surface area contributed by atoms with Gasteiger partial charge in [-0.3, -0.25) is 0 Å². The summed E-state index contributed by atoms with van der Waals surface area (Å²) in [6, 6.07) is 0.288. The van der Waals surface area contributed by atoms with Crippen LogP contribution in [-0.4, -0.2) is 26.2 Å². The number of aliphatic hydroxyl groups excluding tert-OH is 1. The van der Waals surface area contributed by atoms with Crippen LogP contribution in [0.2, 0.25) is 0 Å². The predicted octanol–water partition coefficient (Wildman–Crippen LogP) is 2.42. The molecule has 0 amide bonds. The van der Waals surface area contributed by atoms with Gasteiger partial charge < -0.3 is 5.11 Å². The molecule has 17 heavy (non-hydrogen) atoms. The van der Waals surface area contributed by atoms with Crippen LogP contribution in [-0.2, 0) is 0 Å². The molecule has 1 heterocycles. The molecule has 1 N–H and O–H groups in total. The molecule has 0 radical (unpaired) electrons. The Morgan fingerprint density at radius 2 is 2.18 bits per heavy atom. The zero-order valence-corrected chi connectivity index (χ0v) is 11.0. The van der Waals surface area contributed by atoms with Crippen LogP contribution in [0.25, 0.3) is 0 Å². The maximum atomic E-state index is 9.87. The molecule has 0 aromatic carbocycles. The summed E-state index contributed by atoms with van der Waals surface area (Å²) < 4.78 is 1.93. The van der Waals surface area contributed by atoms with E-state index in [0.29, 0.717) is 5.92 Å². The van der Waals surface area contributed by atoms with Gasteiger partial charge in [0.25, 0.3) is 0 Å². The molecule has 1 aliphatic rings. The fraction of sp³-hybridized carbons (Fsp3) is 0.846. The first-order valence-corrected chi connectivity index (χ1v) is 6.58. The zero-order chi connectivity index (χ0) is 12.5. The van der Waals surface area contributed by atoms with Crippen LogP contribution in [0.3, 0.4) is 0 Å². The summed E-state index contributed by atoms with van der Waals surface area (Å²) >= 11 is 0. The average molecular weight is 237 g/mol. The number of aromatic nitrogens is 3. The van der Waals surface area contributed by atoms with Crippen molar-refractivity contribution in [1.82, 2.24) is 15.0 Å². The van der Waals surface area contributed by atoms with Crippen LogP contribution >= 0.6 is 0 Å². The molecule has 96 valence electrons. The van der Waals surface area contributed by atoms with E-state index in [4.69, 9.17) is 0 Å². The molecule has 3 unspecified atom stereocenters. The van der Waals surface area contributed by atoms with Gasteiger partial charge in [0, 0.05) is 6.20 Å². The van der Waals surface area contributed by atoms with Crippen molar-refractivity contribution < 1.29 is 5.11 Å². The molecule has 2 rings (SSSR count). The molecule has 1 aromatic rings. The lowest BCUT2D eigenvalue weighted by Crippen LogP contribution is -2.38. The van der Waals surface area contributed by atoms with Crippen molar-refractivity contribution in [3.63, 3.8) is 0 Å². The molecular weight excluding hydrogens is 214 g/mol. The van der Waals surface area contributed by atoms with Gasteiger partial charge in [-0.25, -0.2) is 4.68 Å². The Bertz CT molecular complexity index is 348. The normalized spacial score (nSPS) is 30.5. The van der Waals surface area contributed by atoms with E-state index in [2.05, 4.69) is 31.1 Å². The molecule has 1 aliphatic carbocycles. The Morgan fingerprint density at radius 1 is 1.41 bits per heavy atom. The quantitative estimate of drug-likeness (QED) is 0.878. The van der Waals surface area contributed by atoms with Crippen molar-refractivity contribution in [3.05, 3.63) is 12.4 Å². The van der Waals surface area contributed by atoms with Crippen LogP contribution < -0.4 is 0 Å². The second-order valence-electron chi connectivity index (χ2n) is 5.87. The fourth-order valence-corrected chi connectivity index (χ4v) is 2.99. The van der Waals surface area contributed by atoms with E-state index >= 15 is 0 Å². The van der Waals surface area contributed by atoms with Crippen molar-refractivity contribution in [2.45, 2.75) is 58.6 Å². The standard InChI is InChI=1S/C13H23N3O/c1-4-13(2,3)11-6-5-10(17)9-12(11)16-8-7-14-15-16/h7-8,10-12,17H,4-6,9H2,1-3H3. The summed E-state index contributed by atoms with van der Waals surface area (Å²) in [5, 5.41) is 17.9. The van der Waals surface area contributed by atoms with Gasteiger partial charge >= 0.3 is 0 Å². The molecule has 0 saturated heterocycles. The number of aliphatic hydroxyl groups is 1. The number of hydrogen-bond donors (Lipinski definition) is 1. The lowest BCUT2D eigenvalue weighted by Gasteiger charge is -2.43. The molecule has 1 saturated carbocycles. The smallest absolute Gasteiger partial charge is 0.0693 e. The molecule has 0 bridgehead atoms. The molecule has 1 aromatic heterocycles. The molecule has 3 atom stereocenters. The van der Waals surface area contributed by atoms with Gasteiger partial charge in [-0.2, -0.15) is 0 Å². The lowest BCUT2D eigenvalue weighted by molar-refractivity contribution is 0.0165. The third-order valence-corrected chi connectivity index (χ3v) is 4.48. The minimum Gasteiger partial charge on any atom is -0.393 e. The van der Waals surface area contributed by atoms with Gasteiger partial charge in [-0.05, 0) is 30.6 Å². The minimum absolute atomic E-state index is 0.187. The molecular formula is C13H23N3O. The Labute approximate surface area is 103 Å². The van der Waals surface area contributed by atoms with Crippen LogP contribution in [0.15, 0.2) is 12.4 Å². The monoisotopic (exact) mass is 237 g/mol. The summed E-state index contributed by atoms with van der Waals surface area (Å²) in [4.78, 5) is 0. The van der Waals surface area contributed by atoms with Gasteiger partial charge in [0.2, 0.25) is 0 Å². The van der Waals surface area contributed by atoms with E-state index in [0.717, 1.165) is 25.7 Å². The largest absolute Gasteiger partial charge is 0.393 e. The van der Waals surface area contributed by atoms with Crippen molar-refractivity contribution in [1.29, 1.82) is 0 Å². The van der Waals surface area contributed by atoms with Gasteiger partial charge in [0.15, 0.2) is 0 Å². The second kappa shape index (κ2) is 4.77. The van der Waals surface area contributed by atoms with Crippen molar-refractivity contribution >= 4 is 0 Å². The van der Waals surface area contributed by atoms with E-state index in [1.54, 1.807) is 6.20 Å². The Balaban J connectivity index is 2.24. The Morgan fingerprint density at radius 3 is 2.76 bits per heavy atom. The number of nitrogens with zero attached hydrogens (tertiary/aromatic N) is 3. The lowest BCUT2D eigenvalue weighted by atomic mass is 9.66. The molecule has 4 nitrogen and oxygen atoms in total. The Kier molecular flexibility index (Phi) is 3.52. The third kappa shape index (κ3) is 2.51. The van der Waals surface area contributed by atoms with Gasteiger partial charge in [-0.15, -0.1) is 5.10 Å². The summed E-state index contributed by atoms with van der Waals surface area (Å²) in [6.07, 6.45) is 7.40. The summed E-state index contributed by atoms with van der Waals surface area (Å²) in [5.41, 5.74) is 0.288. The molecule has 1 fully saturated rings. The first kappa shape index (κ1) is 12.6. The van der Waals surface area contributed by atoms with Crippen molar-refractivity contribution in [3.8, 4) is 0 Å². The number of rotatable bonds is 3. The van der Waals surface area contributed by atoms with Gasteiger partial charge in [-0.1, -0.05) is 32.4 Å². The van der Waals surface area contributed by atoms with E-state index in [-0.39, 0.29) is 17.6 Å². The second-order valence-corrected chi connectivity index (χ2v) is 5.87. The minimum atomic E-state index is -0.187. The Hall–Kier alpha value is -0.900. The first-order valence-electron chi connectivity index (χ1n) is 6.58. The highest BCUT2D eigenvalue weighted by atomic mass is 16.3. The maximum Gasteiger partial charge on any atom is 0.0693 e. The first-order chi connectivity index (χ1) is 8.04. The highest BCUT2D eigenvalue weighted by Gasteiger charge is 2.39. The molecule has 4 heteroatoms. The van der Waals surface area contributed by atoms with E-state index in [1.165, 1.54) is 0 Å². The van der Waals surface area contributed by atoms with E-state index in [1.807, 2.05) is 10.9 Å². The number of hydrogen-bond acceptors (Lipinski definition) is 3. The third-order valence-electron chi connectivity index (χ3n) is 4.48. The van der Waals surface area contributed by atoms with Crippen LogP contribution in [0.1, 0.15) is 52.5 Å². The topological polar surface area (TPSA) is 50.9 Å². The SMILES string of the molecule is CCC(C)(C)C1CCC(O)CC1n1ccnn1. The van der Waals surface area contributed by atoms with Crippen molar-refractivity contribution in [2.75, 3.05) is 0 Å². The highest BCUT2D eigenvalue weighted by Crippen LogP contribution is 2.45. The zero-order valence-electron chi connectivity index (χ0n) is 11.0. The predicted molar refractivity (Wildman–Crippen MR) is 66.5 cm³/mol. The maximum absolute atomic E-state index is 9.87. The fourth-order valence-electron chi connectivity index (χ4n) is 2.99. The summed E-state index contributed by atoms with van der Waals surface area (Å²) in [7, 11) is 0. The summed E-state index contributed by atoms with van der Waals surface area (Å²) in [5.74, 6) is 0.567. The highest BCUT2D eigenvalue weighted by molar-refractivity contribution is 4.91.